The van der Waals surface area contributed by atoms with Crippen molar-refractivity contribution in [3.05, 3.63) is 0 Å². The Balaban J connectivity index is 1.65. The van der Waals surface area contributed by atoms with E-state index in [1.807, 2.05) is 7.11 Å². The summed E-state index contributed by atoms with van der Waals surface area (Å²) in [7, 11) is 7.04. The van der Waals surface area contributed by atoms with Gasteiger partial charge in [0, 0.05) is 70.1 Å². The largest absolute Gasteiger partial charge is 0.459 e. The van der Waals surface area contributed by atoms with Crippen LogP contribution in [-0.4, -0.2) is 100 Å². The highest BCUT2D eigenvalue weighted by Crippen LogP contribution is 2.77. The van der Waals surface area contributed by atoms with Crippen LogP contribution >= 0.6 is 0 Å². The van der Waals surface area contributed by atoms with E-state index in [1.165, 1.54) is 0 Å². The van der Waals surface area contributed by atoms with Crippen molar-refractivity contribution in [1.82, 2.24) is 4.90 Å². The van der Waals surface area contributed by atoms with Crippen molar-refractivity contribution in [2.45, 2.75) is 68.7 Å². The normalized spacial score (nSPS) is 56.5. The van der Waals surface area contributed by atoms with E-state index < -0.39 is 11.5 Å². The lowest BCUT2D eigenvalue weighted by molar-refractivity contribution is -0.276. The predicted molar refractivity (Wildman–Crippen MR) is 117 cm³/mol. The summed E-state index contributed by atoms with van der Waals surface area (Å²) >= 11 is 0. The SMILES string of the molecule is CCN1C[C@]2(COC)CC[C@H](OC)[C@@]34[C@@H]5C[C@H]6OC(=O)[C@@H]5[C@](O)(C[C@@H]6OC)[C@@H]([C@H](OC)[C@H]23)[C@@H]14. The van der Waals surface area contributed by atoms with Crippen LogP contribution < -0.4 is 0 Å². The second-order valence-electron chi connectivity index (χ2n) is 11.5. The number of carbonyl (C=O) groups is 1. The summed E-state index contributed by atoms with van der Waals surface area (Å²) in [4.78, 5) is 16.1. The van der Waals surface area contributed by atoms with Crippen LogP contribution in [0.4, 0.5) is 0 Å². The average molecular weight is 466 g/mol. The Morgan fingerprint density at radius 1 is 1.18 bits per heavy atom. The molecule has 1 N–H and O–H groups in total. The molecule has 7 fully saturated rings. The average Bonchev–Trinajstić information content (AvgIpc) is 2.85. The monoisotopic (exact) mass is 465 g/mol. The van der Waals surface area contributed by atoms with E-state index in [2.05, 4.69) is 11.8 Å². The van der Waals surface area contributed by atoms with E-state index in [-0.39, 0.29) is 65.0 Å². The van der Waals surface area contributed by atoms with Crippen LogP contribution in [0.1, 0.15) is 32.6 Å². The summed E-state index contributed by atoms with van der Waals surface area (Å²) < 4.78 is 30.3. The van der Waals surface area contributed by atoms with Gasteiger partial charge in [-0.3, -0.25) is 9.69 Å². The Labute approximate surface area is 196 Å². The molecular formula is C25H39NO7. The summed E-state index contributed by atoms with van der Waals surface area (Å²) in [5.41, 5.74) is -1.64. The maximum Gasteiger partial charge on any atom is 0.312 e. The van der Waals surface area contributed by atoms with Gasteiger partial charge in [0.15, 0.2) is 0 Å². The number of likely N-dealkylation sites (tertiary alicyclic amines) is 1. The third-order valence-corrected chi connectivity index (χ3v) is 10.9. The summed E-state index contributed by atoms with van der Waals surface area (Å²) in [5, 5.41) is 12.6. The molecule has 186 valence electrons. The molecule has 9 bridgehead atoms. The lowest BCUT2D eigenvalue weighted by atomic mass is 9.42. The topological polar surface area (TPSA) is 86.7 Å². The molecule has 0 radical (unpaired) electrons. The van der Waals surface area contributed by atoms with Crippen LogP contribution in [0.5, 0.6) is 0 Å². The van der Waals surface area contributed by atoms with Gasteiger partial charge < -0.3 is 28.8 Å². The third-order valence-electron chi connectivity index (χ3n) is 10.9. The molecule has 4 aliphatic carbocycles. The number of ether oxygens (including phenoxy) is 5. The van der Waals surface area contributed by atoms with Crippen molar-refractivity contribution < 1.29 is 33.6 Å². The van der Waals surface area contributed by atoms with Gasteiger partial charge in [-0.15, -0.1) is 0 Å². The van der Waals surface area contributed by atoms with Crippen molar-refractivity contribution in [1.29, 1.82) is 0 Å². The van der Waals surface area contributed by atoms with Crippen molar-refractivity contribution in [3.8, 4) is 0 Å². The van der Waals surface area contributed by atoms with E-state index in [0.29, 0.717) is 19.4 Å². The van der Waals surface area contributed by atoms with Crippen LogP contribution in [0.2, 0.25) is 0 Å². The van der Waals surface area contributed by atoms with Crippen LogP contribution in [0.15, 0.2) is 0 Å². The van der Waals surface area contributed by atoms with Gasteiger partial charge in [-0.05, 0) is 31.7 Å². The van der Waals surface area contributed by atoms with Gasteiger partial charge in [0.25, 0.3) is 0 Å². The highest BCUT2D eigenvalue weighted by atomic mass is 16.6. The van der Waals surface area contributed by atoms with Gasteiger partial charge in [-0.2, -0.15) is 0 Å². The fourth-order valence-electron chi connectivity index (χ4n) is 10.4. The number of rotatable bonds is 6. The molecule has 0 unspecified atom stereocenters. The molecule has 0 aromatic rings. The van der Waals surface area contributed by atoms with Crippen molar-refractivity contribution >= 4 is 5.97 Å². The van der Waals surface area contributed by atoms with Crippen LogP contribution in [0, 0.1) is 34.5 Å². The standard InChI is InChI=1S/C25H39NO7/c1-6-26-11-23(12-29-2)8-7-16(31-4)25-13-9-14-15(30-3)10-24(28,17(13)22(27)33-14)18(21(25)26)19(32-5)20(23)25/h13-21,28H,6-12H2,1-5H3/t13-,14-,15+,16+,17-,18+,19+,20-,21-,23+,24-,25+/m1/s1. The molecule has 3 aliphatic heterocycles. The molecule has 7 aliphatic rings. The lowest BCUT2D eigenvalue weighted by Crippen LogP contribution is -2.77. The highest BCUT2D eigenvalue weighted by Gasteiger charge is 2.86. The molecule has 4 saturated carbocycles. The predicted octanol–water partition coefficient (Wildman–Crippen LogP) is 1.09. The van der Waals surface area contributed by atoms with Crippen LogP contribution in [0.25, 0.3) is 0 Å². The second kappa shape index (κ2) is 7.37. The Morgan fingerprint density at radius 3 is 2.61 bits per heavy atom. The number of fused-ring (bicyclic) bond motifs is 2. The number of carbonyl (C=O) groups excluding carboxylic acids is 1. The number of hydrogen-bond donors (Lipinski definition) is 1. The second-order valence-corrected chi connectivity index (χ2v) is 11.5. The smallest absolute Gasteiger partial charge is 0.312 e. The van der Waals surface area contributed by atoms with Crippen LogP contribution in [-0.2, 0) is 28.5 Å². The molecule has 8 heteroatoms. The fourth-order valence-corrected chi connectivity index (χ4v) is 10.4. The number of piperidine rings is 1. The fraction of sp³-hybridized carbons (Fsp3) is 0.960. The molecule has 7 rings (SSSR count). The number of aliphatic hydroxyl groups is 1. The van der Waals surface area contributed by atoms with E-state index in [1.54, 1.807) is 21.3 Å². The minimum atomic E-state index is -1.24. The van der Waals surface area contributed by atoms with Gasteiger partial charge in [-0.25, -0.2) is 0 Å². The van der Waals surface area contributed by atoms with E-state index >= 15 is 0 Å². The minimum absolute atomic E-state index is 0.00261. The summed E-state index contributed by atoms with van der Waals surface area (Å²) in [6.07, 6.45) is 2.19. The molecule has 33 heavy (non-hydrogen) atoms. The van der Waals surface area contributed by atoms with Crippen LogP contribution in [0.3, 0.4) is 0 Å². The molecule has 8 nitrogen and oxygen atoms in total. The molecule has 0 aromatic heterocycles. The molecule has 3 saturated heterocycles. The molecule has 0 aromatic carbocycles. The number of methoxy groups -OCH3 is 4. The summed E-state index contributed by atoms with van der Waals surface area (Å²) in [6, 6.07) is 0.0843. The Hall–Kier alpha value is -0.770. The summed E-state index contributed by atoms with van der Waals surface area (Å²) in [6.45, 7) is 4.66. The number of esters is 1. The van der Waals surface area contributed by atoms with E-state index in [0.717, 1.165) is 25.9 Å². The third kappa shape index (κ3) is 2.41. The maximum atomic E-state index is 13.5. The lowest BCUT2D eigenvalue weighted by Gasteiger charge is -2.69. The first-order valence-electron chi connectivity index (χ1n) is 12.6. The van der Waals surface area contributed by atoms with Gasteiger partial charge >= 0.3 is 5.97 Å². The maximum absolute atomic E-state index is 13.5. The molecular weight excluding hydrogens is 426 g/mol. The van der Waals surface area contributed by atoms with E-state index in [4.69, 9.17) is 23.7 Å². The Bertz CT molecular complexity index is 825. The van der Waals surface area contributed by atoms with Crippen molar-refractivity contribution in [2.24, 2.45) is 34.5 Å². The Morgan fingerprint density at radius 2 is 1.97 bits per heavy atom. The zero-order valence-electron chi connectivity index (χ0n) is 20.5. The molecule has 0 amide bonds. The summed E-state index contributed by atoms with van der Waals surface area (Å²) in [5.74, 6) is -0.955. The highest BCUT2D eigenvalue weighted by molar-refractivity contribution is 5.77. The first-order chi connectivity index (χ1) is 15.9. The number of hydrogen-bond acceptors (Lipinski definition) is 8. The minimum Gasteiger partial charge on any atom is -0.459 e. The molecule has 3 heterocycles. The van der Waals surface area contributed by atoms with Crippen molar-refractivity contribution in [2.75, 3.05) is 48.1 Å². The van der Waals surface area contributed by atoms with Gasteiger partial charge in [0.05, 0.1) is 36.4 Å². The van der Waals surface area contributed by atoms with Crippen molar-refractivity contribution in [3.63, 3.8) is 0 Å². The molecule has 1 spiro atoms. The zero-order valence-corrected chi connectivity index (χ0v) is 20.5. The van der Waals surface area contributed by atoms with E-state index in [9.17, 15) is 9.90 Å². The number of nitrogens with zero attached hydrogens (tertiary/aromatic N) is 1. The first kappa shape index (κ1) is 22.7. The molecule has 12 atom stereocenters. The van der Waals surface area contributed by atoms with Gasteiger partial charge in [-0.1, -0.05) is 6.92 Å². The zero-order chi connectivity index (χ0) is 23.3. The first-order valence-corrected chi connectivity index (χ1v) is 12.6. The van der Waals surface area contributed by atoms with Gasteiger partial charge in [0.1, 0.15) is 6.10 Å². The quantitative estimate of drug-likeness (QED) is 0.584. The Kier molecular flexibility index (Phi) is 5.06. The van der Waals surface area contributed by atoms with Gasteiger partial charge in [0.2, 0.25) is 0 Å².